The standard InChI is InChI=1S/C14H18N4O3S/c1-11-3-5-13(6-4-11)22(20,21)17-8-7-15-14(19)12-9-16-18(2)10-12/h3-6,9-10,17H,7-8H2,1-2H3,(H,15,19). The molecule has 2 aromatic rings. The van der Waals surface area contributed by atoms with Gasteiger partial charge in [0.05, 0.1) is 16.7 Å². The van der Waals surface area contributed by atoms with Crippen LogP contribution >= 0.6 is 0 Å². The molecule has 0 fully saturated rings. The second-order valence-corrected chi connectivity index (χ2v) is 6.64. The van der Waals surface area contributed by atoms with Gasteiger partial charge in [0.25, 0.3) is 5.91 Å². The number of carbonyl (C=O) groups is 1. The van der Waals surface area contributed by atoms with Gasteiger partial charge in [-0.25, -0.2) is 13.1 Å². The Balaban J connectivity index is 1.83. The van der Waals surface area contributed by atoms with E-state index in [1.165, 1.54) is 10.9 Å². The first-order valence-electron chi connectivity index (χ1n) is 6.72. The number of hydrogen-bond acceptors (Lipinski definition) is 4. The van der Waals surface area contributed by atoms with Crippen LogP contribution in [0.25, 0.3) is 0 Å². The van der Waals surface area contributed by atoms with E-state index in [4.69, 9.17) is 0 Å². The van der Waals surface area contributed by atoms with Crippen LogP contribution in [0.3, 0.4) is 0 Å². The number of benzene rings is 1. The summed E-state index contributed by atoms with van der Waals surface area (Å²) >= 11 is 0. The fraction of sp³-hybridized carbons (Fsp3) is 0.286. The van der Waals surface area contributed by atoms with Gasteiger partial charge in [0, 0.05) is 26.3 Å². The zero-order chi connectivity index (χ0) is 16.2. The van der Waals surface area contributed by atoms with Crippen LogP contribution in [-0.2, 0) is 17.1 Å². The van der Waals surface area contributed by atoms with Crippen LogP contribution in [0.15, 0.2) is 41.6 Å². The van der Waals surface area contributed by atoms with Crippen molar-refractivity contribution in [3.05, 3.63) is 47.8 Å². The number of amides is 1. The van der Waals surface area contributed by atoms with Crippen molar-refractivity contribution >= 4 is 15.9 Å². The lowest BCUT2D eigenvalue weighted by Gasteiger charge is -2.07. The Bertz CT molecular complexity index is 751. The second-order valence-electron chi connectivity index (χ2n) is 4.87. The Morgan fingerprint density at radius 1 is 1.23 bits per heavy atom. The Labute approximate surface area is 129 Å². The van der Waals surface area contributed by atoms with Crippen LogP contribution in [-0.4, -0.2) is 37.2 Å². The largest absolute Gasteiger partial charge is 0.351 e. The van der Waals surface area contributed by atoms with Gasteiger partial charge in [0.15, 0.2) is 0 Å². The summed E-state index contributed by atoms with van der Waals surface area (Å²) in [7, 11) is -1.84. The van der Waals surface area contributed by atoms with Crippen LogP contribution in [0, 0.1) is 6.92 Å². The monoisotopic (exact) mass is 322 g/mol. The molecule has 118 valence electrons. The molecule has 22 heavy (non-hydrogen) atoms. The van der Waals surface area contributed by atoms with E-state index in [0.717, 1.165) is 5.56 Å². The molecule has 2 rings (SSSR count). The normalized spacial score (nSPS) is 11.4. The second kappa shape index (κ2) is 6.71. The van der Waals surface area contributed by atoms with Gasteiger partial charge in [-0.1, -0.05) is 17.7 Å². The maximum atomic E-state index is 12.0. The quantitative estimate of drug-likeness (QED) is 0.755. The van der Waals surface area contributed by atoms with E-state index >= 15 is 0 Å². The highest BCUT2D eigenvalue weighted by Gasteiger charge is 2.13. The third-order valence-corrected chi connectivity index (χ3v) is 4.48. The minimum absolute atomic E-state index is 0.113. The predicted octanol–water partition coefficient (Wildman–Crippen LogP) is 0.437. The van der Waals surface area contributed by atoms with Crippen molar-refractivity contribution in [2.75, 3.05) is 13.1 Å². The van der Waals surface area contributed by atoms with Crippen LogP contribution in [0.4, 0.5) is 0 Å². The van der Waals surface area contributed by atoms with E-state index in [9.17, 15) is 13.2 Å². The number of carbonyl (C=O) groups excluding carboxylic acids is 1. The van der Waals surface area contributed by atoms with E-state index in [0.29, 0.717) is 5.56 Å². The number of aromatic nitrogens is 2. The summed E-state index contributed by atoms with van der Waals surface area (Å²) in [6, 6.07) is 6.56. The first-order chi connectivity index (χ1) is 10.4. The summed E-state index contributed by atoms with van der Waals surface area (Å²) in [6.45, 7) is 2.19. The maximum absolute atomic E-state index is 12.0. The molecule has 0 saturated heterocycles. The summed E-state index contributed by atoms with van der Waals surface area (Å²) in [5.41, 5.74) is 1.42. The van der Waals surface area contributed by atoms with E-state index in [2.05, 4.69) is 15.1 Å². The Morgan fingerprint density at radius 2 is 1.91 bits per heavy atom. The zero-order valence-corrected chi connectivity index (χ0v) is 13.2. The summed E-state index contributed by atoms with van der Waals surface area (Å²) < 4.78 is 28.0. The molecule has 0 saturated carbocycles. The summed E-state index contributed by atoms with van der Waals surface area (Å²) in [6.07, 6.45) is 3.04. The molecule has 1 heterocycles. The van der Waals surface area contributed by atoms with Crippen molar-refractivity contribution in [2.45, 2.75) is 11.8 Å². The Hall–Kier alpha value is -2.19. The van der Waals surface area contributed by atoms with Gasteiger partial charge >= 0.3 is 0 Å². The highest BCUT2D eigenvalue weighted by molar-refractivity contribution is 7.89. The average molecular weight is 322 g/mol. The van der Waals surface area contributed by atoms with Gasteiger partial charge < -0.3 is 5.32 Å². The molecule has 7 nitrogen and oxygen atoms in total. The van der Waals surface area contributed by atoms with Gasteiger partial charge in [-0.3, -0.25) is 9.48 Å². The Kier molecular flexibility index (Phi) is 4.94. The number of aryl methyl sites for hydroxylation is 2. The average Bonchev–Trinajstić information content (AvgIpc) is 2.90. The molecule has 1 aromatic heterocycles. The number of rotatable bonds is 6. The van der Waals surface area contributed by atoms with Crippen LogP contribution in [0.2, 0.25) is 0 Å². The molecule has 0 aliphatic rings. The van der Waals surface area contributed by atoms with Crippen molar-refractivity contribution in [3.63, 3.8) is 0 Å². The van der Waals surface area contributed by atoms with Gasteiger partial charge in [-0.05, 0) is 19.1 Å². The topological polar surface area (TPSA) is 93.1 Å². The van der Waals surface area contributed by atoms with E-state index in [1.54, 1.807) is 37.5 Å². The molecule has 2 N–H and O–H groups in total. The van der Waals surface area contributed by atoms with Crippen molar-refractivity contribution in [1.29, 1.82) is 0 Å². The first-order valence-corrected chi connectivity index (χ1v) is 8.20. The Morgan fingerprint density at radius 3 is 2.50 bits per heavy atom. The van der Waals surface area contributed by atoms with Gasteiger partial charge in [0.1, 0.15) is 0 Å². The molecule has 0 bridgehead atoms. The molecule has 1 aromatic carbocycles. The molecular formula is C14H18N4O3S. The van der Waals surface area contributed by atoms with E-state index in [-0.39, 0.29) is 23.9 Å². The summed E-state index contributed by atoms with van der Waals surface area (Å²) in [4.78, 5) is 12.0. The third-order valence-electron chi connectivity index (χ3n) is 3.00. The zero-order valence-electron chi connectivity index (χ0n) is 12.4. The highest BCUT2D eigenvalue weighted by Crippen LogP contribution is 2.09. The smallest absolute Gasteiger partial charge is 0.254 e. The molecule has 0 aliphatic heterocycles. The van der Waals surface area contributed by atoms with E-state index in [1.807, 2.05) is 6.92 Å². The third kappa shape index (κ3) is 4.15. The van der Waals surface area contributed by atoms with Crippen molar-refractivity contribution in [1.82, 2.24) is 19.8 Å². The number of hydrogen-bond donors (Lipinski definition) is 2. The number of sulfonamides is 1. The number of nitrogens with one attached hydrogen (secondary N) is 2. The van der Waals surface area contributed by atoms with Crippen molar-refractivity contribution < 1.29 is 13.2 Å². The van der Waals surface area contributed by atoms with Crippen LogP contribution in [0.1, 0.15) is 15.9 Å². The lowest BCUT2D eigenvalue weighted by molar-refractivity contribution is 0.0954. The predicted molar refractivity (Wildman–Crippen MR) is 81.9 cm³/mol. The van der Waals surface area contributed by atoms with Crippen molar-refractivity contribution in [3.8, 4) is 0 Å². The van der Waals surface area contributed by atoms with Crippen LogP contribution in [0.5, 0.6) is 0 Å². The molecule has 0 unspecified atom stereocenters. The van der Waals surface area contributed by atoms with Gasteiger partial charge in [-0.15, -0.1) is 0 Å². The lowest BCUT2D eigenvalue weighted by Crippen LogP contribution is -2.34. The molecule has 0 spiro atoms. The summed E-state index contributed by atoms with van der Waals surface area (Å²) in [5, 5.41) is 6.52. The molecular weight excluding hydrogens is 304 g/mol. The first kappa shape index (κ1) is 16.2. The molecule has 0 aliphatic carbocycles. The summed E-state index contributed by atoms with van der Waals surface area (Å²) in [5.74, 6) is -0.289. The molecule has 0 atom stereocenters. The van der Waals surface area contributed by atoms with Crippen molar-refractivity contribution in [2.24, 2.45) is 7.05 Å². The highest BCUT2D eigenvalue weighted by atomic mass is 32.2. The van der Waals surface area contributed by atoms with E-state index < -0.39 is 10.0 Å². The van der Waals surface area contributed by atoms with Gasteiger partial charge in [-0.2, -0.15) is 5.10 Å². The minimum Gasteiger partial charge on any atom is -0.351 e. The van der Waals surface area contributed by atoms with Gasteiger partial charge in [0.2, 0.25) is 10.0 Å². The fourth-order valence-electron chi connectivity index (χ4n) is 1.80. The SMILES string of the molecule is Cc1ccc(S(=O)(=O)NCCNC(=O)c2cnn(C)c2)cc1. The van der Waals surface area contributed by atoms with Crippen LogP contribution < -0.4 is 10.0 Å². The molecule has 0 radical (unpaired) electrons. The number of nitrogens with zero attached hydrogens (tertiary/aromatic N) is 2. The fourth-order valence-corrected chi connectivity index (χ4v) is 2.83. The lowest BCUT2D eigenvalue weighted by atomic mass is 10.2. The molecule has 8 heteroatoms. The minimum atomic E-state index is -3.55. The maximum Gasteiger partial charge on any atom is 0.254 e. The molecule has 1 amide bonds.